The van der Waals surface area contributed by atoms with Crippen LogP contribution in [-0.2, 0) is 4.74 Å². The van der Waals surface area contributed by atoms with Gasteiger partial charge in [0.25, 0.3) is 0 Å². The molecule has 0 saturated carbocycles. The second kappa shape index (κ2) is 5.06. The van der Waals surface area contributed by atoms with Crippen molar-refractivity contribution in [1.82, 2.24) is 20.7 Å². The fraction of sp³-hybridized carbons (Fsp3) is 0.750. The topological polar surface area (TPSA) is 79.9 Å². The lowest BCUT2D eigenvalue weighted by Gasteiger charge is -2.22. The van der Waals surface area contributed by atoms with Crippen molar-refractivity contribution in [2.24, 2.45) is 0 Å². The van der Waals surface area contributed by atoms with Gasteiger partial charge in [0.05, 0.1) is 0 Å². The van der Waals surface area contributed by atoms with E-state index in [0.717, 1.165) is 31.6 Å². The number of nitrogens with one attached hydrogen (secondary N) is 2. The average Bonchev–Trinajstić information content (AvgIpc) is 2.76. The van der Waals surface area contributed by atoms with Crippen LogP contribution in [-0.4, -0.2) is 40.1 Å². The van der Waals surface area contributed by atoms with E-state index in [0.29, 0.717) is 5.69 Å². The first kappa shape index (κ1) is 13.0. The molecule has 2 N–H and O–H groups in total. The van der Waals surface area contributed by atoms with Crippen LogP contribution >= 0.6 is 0 Å². The Hall–Kier alpha value is -1.43. The van der Waals surface area contributed by atoms with Gasteiger partial charge < -0.3 is 10.1 Å². The van der Waals surface area contributed by atoms with Crippen molar-refractivity contribution >= 4 is 5.97 Å². The molecule has 0 spiro atoms. The number of hydrogen-bond acceptors (Lipinski definition) is 5. The molecule has 0 bridgehead atoms. The zero-order valence-corrected chi connectivity index (χ0v) is 11.1. The van der Waals surface area contributed by atoms with Gasteiger partial charge >= 0.3 is 5.97 Å². The molecule has 0 atom stereocenters. The summed E-state index contributed by atoms with van der Waals surface area (Å²) < 4.78 is 5.34. The van der Waals surface area contributed by atoms with Gasteiger partial charge in [-0.1, -0.05) is 0 Å². The van der Waals surface area contributed by atoms with Gasteiger partial charge in [0, 0.05) is 5.92 Å². The van der Waals surface area contributed by atoms with Gasteiger partial charge in [-0.05, 0) is 46.7 Å². The van der Waals surface area contributed by atoms with Crippen LogP contribution < -0.4 is 5.32 Å². The van der Waals surface area contributed by atoms with Crippen LogP contribution in [0, 0.1) is 0 Å². The quantitative estimate of drug-likeness (QED) is 0.774. The molecule has 1 saturated heterocycles. The number of rotatable bonds is 2. The van der Waals surface area contributed by atoms with Crippen LogP contribution in [0.5, 0.6) is 0 Å². The Balaban J connectivity index is 2.14. The number of esters is 1. The molecule has 0 unspecified atom stereocenters. The summed E-state index contributed by atoms with van der Waals surface area (Å²) in [6.45, 7) is 7.43. The standard InChI is InChI=1S/C12H20N4O2/c1-12(2,3)18-11(17)10-9(14-16-15-10)8-4-6-13-7-5-8/h8,13H,4-7H2,1-3H3,(H,14,15,16). The molecule has 18 heavy (non-hydrogen) atoms. The maximum Gasteiger partial charge on any atom is 0.361 e. The molecular formula is C12H20N4O2. The van der Waals surface area contributed by atoms with Crippen molar-refractivity contribution in [2.75, 3.05) is 13.1 Å². The monoisotopic (exact) mass is 252 g/mol. The number of ether oxygens (including phenoxy) is 1. The number of nitrogens with zero attached hydrogens (tertiary/aromatic N) is 2. The largest absolute Gasteiger partial charge is 0.455 e. The molecule has 6 heteroatoms. The lowest BCUT2D eigenvalue weighted by molar-refractivity contribution is 0.00607. The van der Waals surface area contributed by atoms with Crippen molar-refractivity contribution in [2.45, 2.75) is 45.1 Å². The molecule has 1 aromatic rings. The van der Waals surface area contributed by atoms with Crippen LogP contribution in [0.1, 0.15) is 55.7 Å². The van der Waals surface area contributed by atoms with E-state index in [1.807, 2.05) is 20.8 Å². The van der Waals surface area contributed by atoms with Gasteiger partial charge in [0.1, 0.15) is 11.3 Å². The zero-order valence-electron chi connectivity index (χ0n) is 11.1. The number of H-pyrrole nitrogens is 1. The predicted molar refractivity (Wildman–Crippen MR) is 66.4 cm³/mol. The van der Waals surface area contributed by atoms with Gasteiger partial charge in [-0.3, -0.25) is 0 Å². The average molecular weight is 252 g/mol. The molecule has 1 aliphatic heterocycles. The number of aromatic amines is 1. The molecule has 0 aliphatic carbocycles. The highest BCUT2D eigenvalue weighted by molar-refractivity contribution is 5.88. The van der Waals surface area contributed by atoms with Crippen molar-refractivity contribution < 1.29 is 9.53 Å². The third-order valence-corrected chi connectivity index (χ3v) is 2.89. The highest BCUT2D eigenvalue weighted by Crippen LogP contribution is 2.26. The molecule has 0 aromatic carbocycles. The molecule has 6 nitrogen and oxygen atoms in total. The van der Waals surface area contributed by atoms with Crippen molar-refractivity contribution in [3.63, 3.8) is 0 Å². The summed E-state index contributed by atoms with van der Waals surface area (Å²) in [5.41, 5.74) is 0.559. The minimum absolute atomic E-state index is 0.285. The first-order valence-electron chi connectivity index (χ1n) is 6.32. The smallest absolute Gasteiger partial charge is 0.361 e. The summed E-state index contributed by atoms with van der Waals surface area (Å²) in [5, 5.41) is 13.9. The molecule has 0 radical (unpaired) electrons. The number of carbonyl (C=O) groups excluding carboxylic acids is 1. The third kappa shape index (κ3) is 3.07. The van der Waals surface area contributed by atoms with E-state index >= 15 is 0 Å². The summed E-state index contributed by atoms with van der Waals surface area (Å²) in [7, 11) is 0. The summed E-state index contributed by atoms with van der Waals surface area (Å²) in [6, 6.07) is 0. The molecule has 2 heterocycles. The maximum absolute atomic E-state index is 12.0. The lowest BCUT2D eigenvalue weighted by atomic mass is 9.93. The van der Waals surface area contributed by atoms with Gasteiger partial charge in [0.15, 0.2) is 5.69 Å². The molecule has 1 fully saturated rings. The highest BCUT2D eigenvalue weighted by Gasteiger charge is 2.28. The maximum atomic E-state index is 12.0. The summed E-state index contributed by atoms with van der Waals surface area (Å²) >= 11 is 0. The fourth-order valence-corrected chi connectivity index (χ4v) is 2.10. The van der Waals surface area contributed by atoms with Gasteiger partial charge in [0.2, 0.25) is 0 Å². The number of hydrogen-bond donors (Lipinski definition) is 2. The van der Waals surface area contributed by atoms with E-state index in [9.17, 15) is 4.79 Å². The van der Waals surface area contributed by atoms with Gasteiger partial charge in [-0.2, -0.15) is 10.3 Å². The second-order valence-electron chi connectivity index (χ2n) is 5.58. The summed E-state index contributed by atoms with van der Waals surface area (Å²) in [4.78, 5) is 12.0. The van der Waals surface area contributed by atoms with Crippen LogP contribution in [0.25, 0.3) is 0 Å². The van der Waals surface area contributed by atoms with E-state index in [-0.39, 0.29) is 5.92 Å². The van der Waals surface area contributed by atoms with Crippen molar-refractivity contribution in [3.05, 3.63) is 11.4 Å². The molecule has 1 aromatic heterocycles. The summed E-state index contributed by atoms with van der Waals surface area (Å²) in [5.74, 6) is -0.114. The van der Waals surface area contributed by atoms with E-state index in [4.69, 9.17) is 4.74 Å². The first-order chi connectivity index (χ1) is 8.47. The van der Waals surface area contributed by atoms with Crippen LogP contribution in [0.3, 0.4) is 0 Å². The Morgan fingerprint density at radius 1 is 1.28 bits per heavy atom. The summed E-state index contributed by atoms with van der Waals surface area (Å²) in [6.07, 6.45) is 1.95. The fourth-order valence-electron chi connectivity index (χ4n) is 2.10. The molecule has 1 aliphatic rings. The minimum atomic E-state index is -0.512. The number of aromatic nitrogens is 3. The van der Waals surface area contributed by atoms with Crippen molar-refractivity contribution in [3.8, 4) is 0 Å². The number of carbonyl (C=O) groups is 1. The highest BCUT2D eigenvalue weighted by atomic mass is 16.6. The van der Waals surface area contributed by atoms with Crippen LogP contribution in [0.4, 0.5) is 0 Å². The Labute approximate surface area is 106 Å². The second-order valence-corrected chi connectivity index (χ2v) is 5.58. The first-order valence-corrected chi connectivity index (χ1v) is 6.32. The van der Waals surface area contributed by atoms with E-state index in [2.05, 4.69) is 20.7 Å². The molecule has 100 valence electrons. The van der Waals surface area contributed by atoms with E-state index in [1.165, 1.54) is 0 Å². The Kier molecular flexibility index (Phi) is 3.65. The van der Waals surface area contributed by atoms with Gasteiger partial charge in [-0.15, -0.1) is 5.10 Å². The predicted octanol–water partition coefficient (Wildman–Crippen LogP) is 1.23. The number of piperidine rings is 1. The normalized spacial score (nSPS) is 17.7. The zero-order chi connectivity index (χ0) is 13.2. The molecule has 0 amide bonds. The Morgan fingerprint density at radius 3 is 2.56 bits per heavy atom. The van der Waals surface area contributed by atoms with Crippen LogP contribution in [0.2, 0.25) is 0 Å². The minimum Gasteiger partial charge on any atom is -0.455 e. The van der Waals surface area contributed by atoms with E-state index < -0.39 is 11.6 Å². The van der Waals surface area contributed by atoms with Crippen molar-refractivity contribution in [1.29, 1.82) is 0 Å². The SMILES string of the molecule is CC(C)(C)OC(=O)c1n[nH]nc1C1CCNCC1. The lowest BCUT2D eigenvalue weighted by Crippen LogP contribution is -2.29. The van der Waals surface area contributed by atoms with Crippen LogP contribution in [0.15, 0.2) is 0 Å². The molecular weight excluding hydrogens is 232 g/mol. The molecule has 2 rings (SSSR count). The van der Waals surface area contributed by atoms with Gasteiger partial charge in [-0.25, -0.2) is 4.79 Å². The third-order valence-electron chi connectivity index (χ3n) is 2.89. The Morgan fingerprint density at radius 2 is 1.94 bits per heavy atom. The Bertz CT molecular complexity index is 416. The van der Waals surface area contributed by atoms with E-state index in [1.54, 1.807) is 0 Å².